The molecule has 0 amide bonds. The molecule has 0 aliphatic carbocycles. The van der Waals surface area contributed by atoms with Crippen molar-refractivity contribution in [1.82, 2.24) is 0 Å². The molecule has 0 aromatic rings. The Morgan fingerprint density at radius 1 is 0.947 bits per heavy atom. The second kappa shape index (κ2) is 7.66. The zero-order valence-electron chi connectivity index (χ0n) is 13.3. The summed E-state index contributed by atoms with van der Waals surface area (Å²) in [5, 5.41) is 9.49. The summed E-state index contributed by atoms with van der Waals surface area (Å²) in [6.45, 7) is 11.9. The average molecular weight is 270 g/mol. The Morgan fingerprint density at radius 2 is 1.32 bits per heavy atom. The lowest BCUT2D eigenvalue weighted by atomic mass is 9.70. The third-order valence-electron chi connectivity index (χ3n) is 3.97. The summed E-state index contributed by atoms with van der Waals surface area (Å²) in [7, 11) is 0. The molecule has 0 spiro atoms. The van der Waals surface area contributed by atoms with Gasteiger partial charge in [0, 0.05) is 5.92 Å². The molecule has 0 saturated carbocycles. The molecule has 0 radical (unpaired) electrons. The van der Waals surface area contributed by atoms with Gasteiger partial charge >= 0.3 is 5.97 Å². The van der Waals surface area contributed by atoms with Gasteiger partial charge in [-0.05, 0) is 37.5 Å². The highest BCUT2D eigenvalue weighted by atomic mass is 16.4. The van der Waals surface area contributed by atoms with Gasteiger partial charge in [0.05, 0.1) is 0 Å². The first-order chi connectivity index (χ1) is 8.71. The van der Waals surface area contributed by atoms with Crippen LogP contribution in [0, 0.1) is 23.2 Å². The molecule has 0 bridgehead atoms. The molecular weight excluding hydrogens is 240 g/mol. The van der Waals surface area contributed by atoms with Crippen molar-refractivity contribution in [3.05, 3.63) is 0 Å². The summed E-state index contributed by atoms with van der Waals surface area (Å²) in [4.78, 5) is 24.3. The van der Waals surface area contributed by atoms with Crippen LogP contribution in [0.1, 0.15) is 67.2 Å². The Bertz CT molecular complexity index is 291. The minimum absolute atomic E-state index is 0.0626. The molecule has 0 fully saturated rings. The van der Waals surface area contributed by atoms with Crippen molar-refractivity contribution in [2.45, 2.75) is 67.2 Å². The largest absolute Gasteiger partial charge is 0.480 e. The van der Waals surface area contributed by atoms with Crippen LogP contribution in [-0.4, -0.2) is 16.9 Å². The quantitative estimate of drug-likeness (QED) is 0.640. The van der Waals surface area contributed by atoms with E-state index >= 15 is 0 Å². The van der Waals surface area contributed by atoms with Crippen LogP contribution in [0.2, 0.25) is 0 Å². The number of ketones is 1. The third-order valence-corrected chi connectivity index (χ3v) is 3.97. The number of carboxylic acid groups (broad SMARTS) is 1. The highest BCUT2D eigenvalue weighted by Crippen LogP contribution is 2.35. The molecule has 1 N–H and O–H groups in total. The molecule has 0 aromatic heterocycles. The van der Waals surface area contributed by atoms with Crippen LogP contribution in [0.15, 0.2) is 0 Å². The standard InChI is InChI=1S/C16H30O3/c1-7-16(8-2,15(18)19)14(17)13(9-11(3)4)10-12(5)6/h11-13H,7-10H2,1-6H3,(H,18,19). The van der Waals surface area contributed by atoms with E-state index in [-0.39, 0.29) is 11.7 Å². The SMILES string of the molecule is CCC(CC)(C(=O)O)C(=O)C(CC(C)C)CC(C)C. The number of Topliss-reactive ketones (excluding diaryl/α,β-unsaturated/α-hetero) is 1. The van der Waals surface area contributed by atoms with Gasteiger partial charge in [0.2, 0.25) is 0 Å². The molecule has 112 valence electrons. The smallest absolute Gasteiger partial charge is 0.317 e. The number of carbonyl (C=O) groups is 2. The van der Waals surface area contributed by atoms with E-state index in [1.54, 1.807) is 13.8 Å². The molecule has 0 saturated heterocycles. The predicted octanol–water partition coefficient (Wildman–Crippen LogP) is 4.15. The van der Waals surface area contributed by atoms with Gasteiger partial charge in [0.15, 0.2) is 5.78 Å². The van der Waals surface area contributed by atoms with E-state index in [2.05, 4.69) is 27.7 Å². The Kier molecular flexibility index (Phi) is 7.32. The molecular formula is C16H30O3. The normalized spacial score (nSPS) is 12.5. The van der Waals surface area contributed by atoms with Gasteiger partial charge in [0.25, 0.3) is 0 Å². The number of hydrogen-bond acceptors (Lipinski definition) is 2. The molecule has 0 heterocycles. The molecule has 0 rings (SSSR count). The molecule has 0 aromatic carbocycles. The van der Waals surface area contributed by atoms with Crippen LogP contribution >= 0.6 is 0 Å². The fourth-order valence-electron chi connectivity index (χ4n) is 2.85. The summed E-state index contributed by atoms with van der Waals surface area (Å²) in [6.07, 6.45) is 2.33. The van der Waals surface area contributed by atoms with Crippen molar-refractivity contribution in [1.29, 1.82) is 0 Å². The lowest BCUT2D eigenvalue weighted by Crippen LogP contribution is -2.42. The zero-order chi connectivity index (χ0) is 15.2. The average Bonchev–Trinajstić information content (AvgIpc) is 2.28. The van der Waals surface area contributed by atoms with Crippen molar-refractivity contribution in [3.8, 4) is 0 Å². The topological polar surface area (TPSA) is 54.4 Å². The van der Waals surface area contributed by atoms with Gasteiger partial charge in [-0.2, -0.15) is 0 Å². The first-order valence-corrected chi connectivity index (χ1v) is 7.48. The van der Waals surface area contributed by atoms with E-state index in [1.165, 1.54) is 0 Å². The van der Waals surface area contributed by atoms with Crippen LogP contribution in [0.4, 0.5) is 0 Å². The Labute approximate surface area is 117 Å². The van der Waals surface area contributed by atoms with Crippen molar-refractivity contribution in [2.24, 2.45) is 23.2 Å². The number of hydrogen-bond donors (Lipinski definition) is 1. The lowest BCUT2D eigenvalue weighted by Gasteiger charge is -2.31. The zero-order valence-corrected chi connectivity index (χ0v) is 13.3. The summed E-state index contributed by atoms with van der Waals surface area (Å²) < 4.78 is 0. The van der Waals surface area contributed by atoms with E-state index in [1.807, 2.05) is 0 Å². The van der Waals surface area contributed by atoms with Gasteiger partial charge in [-0.15, -0.1) is 0 Å². The van der Waals surface area contributed by atoms with E-state index < -0.39 is 11.4 Å². The number of carbonyl (C=O) groups excluding carboxylic acids is 1. The van der Waals surface area contributed by atoms with Gasteiger partial charge in [-0.3, -0.25) is 9.59 Å². The Hall–Kier alpha value is -0.860. The molecule has 0 aliphatic rings. The molecule has 3 heteroatoms. The minimum Gasteiger partial charge on any atom is -0.480 e. The molecule has 0 unspecified atom stereocenters. The second-order valence-electron chi connectivity index (χ2n) is 6.41. The summed E-state index contributed by atoms with van der Waals surface area (Å²) in [6, 6.07) is 0. The number of rotatable bonds is 9. The first kappa shape index (κ1) is 18.1. The summed E-state index contributed by atoms with van der Waals surface area (Å²) in [5.41, 5.74) is -1.19. The maximum absolute atomic E-state index is 12.8. The highest BCUT2D eigenvalue weighted by molar-refractivity contribution is 6.04. The number of aliphatic carboxylic acids is 1. The Balaban J connectivity index is 5.29. The van der Waals surface area contributed by atoms with Crippen molar-refractivity contribution >= 4 is 11.8 Å². The van der Waals surface area contributed by atoms with E-state index in [4.69, 9.17) is 0 Å². The predicted molar refractivity (Wildman–Crippen MR) is 78.1 cm³/mol. The minimum atomic E-state index is -1.19. The van der Waals surface area contributed by atoms with Gasteiger partial charge in [0.1, 0.15) is 5.41 Å². The first-order valence-electron chi connectivity index (χ1n) is 7.48. The molecule has 0 aliphatic heterocycles. The molecule has 0 atom stereocenters. The van der Waals surface area contributed by atoms with Crippen molar-refractivity contribution < 1.29 is 14.7 Å². The lowest BCUT2D eigenvalue weighted by molar-refractivity contribution is -0.157. The van der Waals surface area contributed by atoms with E-state index in [0.29, 0.717) is 24.7 Å². The van der Waals surface area contributed by atoms with E-state index in [0.717, 1.165) is 12.8 Å². The van der Waals surface area contributed by atoms with Crippen LogP contribution in [0.25, 0.3) is 0 Å². The van der Waals surface area contributed by atoms with Gasteiger partial charge in [-0.25, -0.2) is 0 Å². The Morgan fingerprint density at radius 3 is 1.53 bits per heavy atom. The fourth-order valence-corrected chi connectivity index (χ4v) is 2.85. The van der Waals surface area contributed by atoms with Crippen LogP contribution in [0.3, 0.4) is 0 Å². The number of carboxylic acids is 1. The fraction of sp³-hybridized carbons (Fsp3) is 0.875. The highest BCUT2D eigenvalue weighted by Gasteiger charge is 2.45. The van der Waals surface area contributed by atoms with Gasteiger partial charge in [-0.1, -0.05) is 41.5 Å². The second-order valence-corrected chi connectivity index (χ2v) is 6.41. The van der Waals surface area contributed by atoms with Crippen molar-refractivity contribution in [2.75, 3.05) is 0 Å². The van der Waals surface area contributed by atoms with Crippen LogP contribution in [0.5, 0.6) is 0 Å². The maximum atomic E-state index is 12.8. The molecule has 19 heavy (non-hydrogen) atoms. The molecule has 3 nitrogen and oxygen atoms in total. The van der Waals surface area contributed by atoms with Gasteiger partial charge < -0.3 is 5.11 Å². The van der Waals surface area contributed by atoms with E-state index in [9.17, 15) is 14.7 Å². The maximum Gasteiger partial charge on any atom is 0.317 e. The third kappa shape index (κ3) is 4.63. The van der Waals surface area contributed by atoms with Crippen molar-refractivity contribution in [3.63, 3.8) is 0 Å². The van der Waals surface area contributed by atoms with Crippen LogP contribution in [-0.2, 0) is 9.59 Å². The summed E-state index contributed by atoms with van der Waals surface area (Å²) >= 11 is 0. The summed E-state index contributed by atoms with van der Waals surface area (Å²) in [5.74, 6) is -0.329. The monoisotopic (exact) mass is 270 g/mol. The van der Waals surface area contributed by atoms with Crippen LogP contribution < -0.4 is 0 Å².